The third kappa shape index (κ3) is 49.4. The summed E-state index contributed by atoms with van der Waals surface area (Å²) >= 11 is 0. The molecular formula is C57H107NO5. The van der Waals surface area contributed by atoms with Crippen LogP contribution in [-0.4, -0.2) is 47.4 Å². The quantitative estimate of drug-likeness (QED) is 0.0321. The number of hydrogen-bond donors (Lipinski definition) is 3. The number of rotatable bonds is 51. The number of aliphatic hydroxyl groups excluding tert-OH is 2. The Balaban J connectivity index is 3.45. The number of hydrogen-bond acceptors (Lipinski definition) is 5. The van der Waals surface area contributed by atoms with Gasteiger partial charge in [-0.1, -0.05) is 230 Å². The Morgan fingerprint density at radius 3 is 1.14 bits per heavy atom. The van der Waals surface area contributed by atoms with Gasteiger partial charge < -0.3 is 20.3 Å². The number of allylic oxidation sites excluding steroid dienone is 5. The maximum Gasteiger partial charge on any atom is 0.305 e. The van der Waals surface area contributed by atoms with E-state index in [1.165, 1.54) is 212 Å². The minimum absolute atomic E-state index is 0.00222. The van der Waals surface area contributed by atoms with Crippen LogP contribution in [0.3, 0.4) is 0 Å². The van der Waals surface area contributed by atoms with E-state index < -0.39 is 12.1 Å². The van der Waals surface area contributed by atoms with Crippen LogP contribution >= 0.6 is 0 Å². The van der Waals surface area contributed by atoms with E-state index in [1.807, 2.05) is 6.08 Å². The summed E-state index contributed by atoms with van der Waals surface area (Å²) in [6, 6.07) is -0.632. The summed E-state index contributed by atoms with van der Waals surface area (Å²) in [7, 11) is 0. The molecule has 0 fully saturated rings. The van der Waals surface area contributed by atoms with Gasteiger partial charge in [0.25, 0.3) is 0 Å². The first-order valence-electron chi connectivity index (χ1n) is 27.8. The van der Waals surface area contributed by atoms with E-state index in [4.69, 9.17) is 4.74 Å². The summed E-state index contributed by atoms with van der Waals surface area (Å²) in [5, 5.41) is 23.0. The maximum absolute atomic E-state index is 12.4. The Morgan fingerprint density at radius 1 is 0.429 bits per heavy atom. The molecule has 0 rings (SSSR count). The fourth-order valence-corrected chi connectivity index (χ4v) is 8.33. The second-order valence-corrected chi connectivity index (χ2v) is 18.9. The van der Waals surface area contributed by atoms with Crippen LogP contribution in [0.25, 0.3) is 0 Å². The smallest absolute Gasteiger partial charge is 0.305 e. The molecule has 0 aromatic rings. The van der Waals surface area contributed by atoms with Gasteiger partial charge in [-0.3, -0.25) is 9.59 Å². The van der Waals surface area contributed by atoms with E-state index in [-0.39, 0.29) is 18.5 Å². The maximum atomic E-state index is 12.4. The highest BCUT2D eigenvalue weighted by Crippen LogP contribution is 2.15. The molecule has 63 heavy (non-hydrogen) atoms. The molecule has 3 N–H and O–H groups in total. The van der Waals surface area contributed by atoms with Crippen molar-refractivity contribution >= 4 is 11.9 Å². The van der Waals surface area contributed by atoms with Crippen molar-refractivity contribution in [1.82, 2.24) is 5.32 Å². The Kier molecular flexibility index (Phi) is 51.1. The van der Waals surface area contributed by atoms with Gasteiger partial charge in [0.15, 0.2) is 0 Å². The molecule has 0 radical (unpaired) electrons. The number of unbranched alkanes of at least 4 members (excludes halogenated alkanes) is 36. The van der Waals surface area contributed by atoms with Crippen LogP contribution in [0.4, 0.5) is 0 Å². The van der Waals surface area contributed by atoms with Crippen LogP contribution < -0.4 is 5.32 Å². The zero-order chi connectivity index (χ0) is 45.8. The largest absolute Gasteiger partial charge is 0.466 e. The van der Waals surface area contributed by atoms with Gasteiger partial charge in [0.05, 0.1) is 25.4 Å². The predicted octanol–water partition coefficient (Wildman–Crippen LogP) is 16.9. The van der Waals surface area contributed by atoms with Gasteiger partial charge in [-0.25, -0.2) is 0 Å². The molecule has 0 saturated carbocycles. The van der Waals surface area contributed by atoms with Crippen LogP contribution in [-0.2, 0) is 14.3 Å². The van der Waals surface area contributed by atoms with E-state index in [2.05, 4.69) is 43.5 Å². The van der Waals surface area contributed by atoms with Gasteiger partial charge in [0.2, 0.25) is 5.91 Å². The first-order valence-corrected chi connectivity index (χ1v) is 27.8. The fraction of sp³-hybridized carbons (Fsp3) is 0.860. The summed E-state index contributed by atoms with van der Waals surface area (Å²) in [5.41, 5.74) is 0. The first kappa shape index (κ1) is 61.1. The molecular weight excluding hydrogens is 779 g/mol. The lowest BCUT2D eigenvalue weighted by atomic mass is 10.0. The zero-order valence-electron chi connectivity index (χ0n) is 42.1. The lowest BCUT2D eigenvalue weighted by molar-refractivity contribution is -0.143. The number of carbonyl (C=O) groups is 2. The number of aliphatic hydroxyl groups is 2. The Morgan fingerprint density at radius 2 is 0.746 bits per heavy atom. The van der Waals surface area contributed by atoms with Crippen molar-refractivity contribution in [2.75, 3.05) is 13.2 Å². The minimum atomic E-state index is -0.848. The molecule has 6 heteroatoms. The van der Waals surface area contributed by atoms with Crippen LogP contribution in [0, 0.1) is 0 Å². The molecule has 0 spiro atoms. The molecule has 0 aliphatic heterocycles. The average Bonchev–Trinajstić information content (AvgIpc) is 3.28. The second-order valence-electron chi connectivity index (χ2n) is 18.9. The molecule has 0 saturated heterocycles. The Bertz CT molecular complexity index is 1020. The monoisotopic (exact) mass is 886 g/mol. The van der Waals surface area contributed by atoms with Crippen molar-refractivity contribution in [3.8, 4) is 0 Å². The van der Waals surface area contributed by atoms with E-state index in [1.54, 1.807) is 6.08 Å². The van der Waals surface area contributed by atoms with Gasteiger partial charge in [-0.05, 0) is 83.5 Å². The predicted molar refractivity (Wildman–Crippen MR) is 273 cm³/mol. The molecule has 0 aromatic heterocycles. The molecule has 0 bridgehead atoms. The SMILES string of the molecule is CCCCCC/C=C\CCCCCCCC(=O)OCCCCCCCCCCCC/C=C\CCCCCCCCCC(=O)NC(CO)C(O)/C=C/CCCCCCCCCCCC. The van der Waals surface area contributed by atoms with Crippen molar-refractivity contribution < 1.29 is 24.5 Å². The topological polar surface area (TPSA) is 95.9 Å². The number of amides is 1. The van der Waals surface area contributed by atoms with Gasteiger partial charge in [0.1, 0.15) is 0 Å². The number of esters is 1. The molecule has 2 atom stereocenters. The molecule has 370 valence electrons. The normalized spacial score (nSPS) is 12.9. The number of nitrogens with one attached hydrogen (secondary N) is 1. The molecule has 1 amide bonds. The van der Waals surface area contributed by atoms with Crippen molar-refractivity contribution in [3.05, 3.63) is 36.5 Å². The average molecular weight is 886 g/mol. The van der Waals surface area contributed by atoms with Gasteiger partial charge in [0, 0.05) is 12.8 Å². The van der Waals surface area contributed by atoms with Crippen LogP contribution in [0.2, 0.25) is 0 Å². The van der Waals surface area contributed by atoms with Crippen LogP contribution in [0.1, 0.15) is 290 Å². The number of ether oxygens (including phenoxy) is 1. The summed E-state index contributed by atoms with van der Waals surface area (Å²) in [6.45, 7) is 4.87. The fourth-order valence-electron chi connectivity index (χ4n) is 8.33. The van der Waals surface area contributed by atoms with Gasteiger partial charge >= 0.3 is 5.97 Å². The van der Waals surface area contributed by atoms with Crippen molar-refractivity contribution in [1.29, 1.82) is 0 Å². The first-order chi connectivity index (χ1) is 31.0. The lowest BCUT2D eigenvalue weighted by Gasteiger charge is -2.20. The summed E-state index contributed by atoms with van der Waals surface area (Å²) in [5.74, 6) is -0.0792. The zero-order valence-corrected chi connectivity index (χ0v) is 42.1. The second kappa shape index (κ2) is 52.7. The molecule has 0 aromatic carbocycles. The molecule has 0 aliphatic rings. The standard InChI is InChI=1S/C57H107NO5/c1-3-5-7-9-11-13-15-26-31-35-39-43-47-51-57(62)63-52-48-44-40-36-32-28-25-23-21-19-17-18-20-22-24-27-30-34-38-42-46-50-56(61)58-54(53-59)55(60)49-45-41-37-33-29-16-14-12-10-8-6-4-2/h13,15,18,20,45,49,54-55,59-60H,3-12,14,16-17,19,21-44,46-48,50-53H2,1-2H3,(H,58,61)/b15-13-,20-18-,49-45+. The van der Waals surface area contributed by atoms with Crippen molar-refractivity contribution in [3.63, 3.8) is 0 Å². The van der Waals surface area contributed by atoms with E-state index >= 15 is 0 Å². The highest BCUT2D eigenvalue weighted by Gasteiger charge is 2.18. The number of carbonyl (C=O) groups excluding carboxylic acids is 2. The molecule has 2 unspecified atom stereocenters. The summed E-state index contributed by atoms with van der Waals surface area (Å²) in [6.07, 6.45) is 64.5. The van der Waals surface area contributed by atoms with E-state index in [9.17, 15) is 19.8 Å². The molecule has 6 nitrogen and oxygen atoms in total. The van der Waals surface area contributed by atoms with Gasteiger partial charge in [-0.15, -0.1) is 0 Å². The molecule has 0 heterocycles. The highest BCUT2D eigenvalue weighted by molar-refractivity contribution is 5.76. The third-order valence-electron chi connectivity index (χ3n) is 12.6. The van der Waals surface area contributed by atoms with E-state index in [0.29, 0.717) is 19.4 Å². The summed E-state index contributed by atoms with van der Waals surface area (Å²) < 4.78 is 5.46. The molecule has 0 aliphatic carbocycles. The van der Waals surface area contributed by atoms with Crippen molar-refractivity contribution in [2.45, 2.75) is 302 Å². The Hall–Kier alpha value is -1.92. The Labute approximate surface area is 392 Å². The third-order valence-corrected chi connectivity index (χ3v) is 12.6. The van der Waals surface area contributed by atoms with Crippen LogP contribution in [0.5, 0.6) is 0 Å². The van der Waals surface area contributed by atoms with E-state index in [0.717, 1.165) is 51.4 Å². The highest BCUT2D eigenvalue weighted by atomic mass is 16.5. The summed E-state index contributed by atoms with van der Waals surface area (Å²) in [4.78, 5) is 24.4. The van der Waals surface area contributed by atoms with Crippen LogP contribution in [0.15, 0.2) is 36.5 Å². The van der Waals surface area contributed by atoms with Gasteiger partial charge in [-0.2, -0.15) is 0 Å². The minimum Gasteiger partial charge on any atom is -0.466 e. The van der Waals surface area contributed by atoms with Crippen molar-refractivity contribution in [2.24, 2.45) is 0 Å². The lowest BCUT2D eigenvalue weighted by Crippen LogP contribution is -2.45.